The zero-order valence-electron chi connectivity index (χ0n) is 29.4. The minimum absolute atomic E-state index is 0.0551. The first-order valence-corrected chi connectivity index (χ1v) is 17.3. The lowest BCUT2D eigenvalue weighted by atomic mass is 9.37. The number of allylic oxidation sites excluding steroid dienone is 3. The van der Waals surface area contributed by atoms with E-state index in [-0.39, 0.29) is 52.9 Å². The second-order valence-electron chi connectivity index (χ2n) is 16.3. The first kappa shape index (κ1) is 37.0. The monoisotopic (exact) mass is 648 g/mol. The third-order valence-corrected chi connectivity index (χ3v) is 13.3. The molecular formula is C37H60O9. The predicted molar refractivity (Wildman–Crippen MR) is 175 cm³/mol. The van der Waals surface area contributed by atoms with E-state index in [1.165, 1.54) is 12.5 Å². The summed E-state index contributed by atoms with van der Waals surface area (Å²) in [5.74, 6) is -1.12. The Hall–Kier alpha value is -1.78. The van der Waals surface area contributed by atoms with Crippen molar-refractivity contribution in [2.24, 2.45) is 39.9 Å². The summed E-state index contributed by atoms with van der Waals surface area (Å²) in [6.07, 6.45) is 3.18. The van der Waals surface area contributed by atoms with Gasteiger partial charge in [0, 0.05) is 13.3 Å². The van der Waals surface area contributed by atoms with Crippen LogP contribution < -0.4 is 0 Å². The Morgan fingerprint density at radius 3 is 2.26 bits per heavy atom. The largest absolute Gasteiger partial charge is 0.481 e. The summed E-state index contributed by atoms with van der Waals surface area (Å²) in [5, 5.41) is 43.7. The third-order valence-electron chi connectivity index (χ3n) is 13.3. The molecule has 0 spiro atoms. The van der Waals surface area contributed by atoms with Gasteiger partial charge in [0.15, 0.2) is 6.29 Å². The maximum atomic E-state index is 12.2. The Kier molecular flexibility index (Phi) is 11.0. The first-order chi connectivity index (χ1) is 21.3. The number of esters is 1. The fourth-order valence-corrected chi connectivity index (χ4v) is 10.7. The molecule has 0 amide bonds. The molecule has 46 heavy (non-hydrogen) atoms. The van der Waals surface area contributed by atoms with Gasteiger partial charge in [0.05, 0.1) is 11.7 Å². The summed E-state index contributed by atoms with van der Waals surface area (Å²) in [6.45, 7) is 20.6. The van der Waals surface area contributed by atoms with Crippen molar-refractivity contribution in [2.75, 3.05) is 6.61 Å². The van der Waals surface area contributed by atoms with E-state index in [0.717, 1.165) is 37.7 Å². The van der Waals surface area contributed by atoms with E-state index in [1.807, 2.05) is 0 Å². The topological polar surface area (TPSA) is 143 Å². The zero-order chi connectivity index (χ0) is 34.4. The SMILES string of the molecule is C=C(C)C1CCC2(C)C(CC(O)C3C(C(C)(CCC=C(C)C)OC4OC(COC(C)=O)C(O)C4O)CCC32C)C1(C)CCC(=O)O. The standard InChI is InChI=1S/C37H60O9/c1-21(2)11-10-15-37(9,46-33-32(43)31(42)27(45-33)20-44-23(5)38)25-13-18-36(8)30(25)26(39)19-28-34(6,16-14-29(40)41)24(22(3)4)12-17-35(28,36)7/h11,24-28,30-33,39,42-43H,3,10,12-20H2,1-2,4-9H3,(H,40,41). The smallest absolute Gasteiger partial charge is 0.303 e. The Labute approximate surface area is 275 Å². The number of ether oxygens (including phenoxy) is 3. The highest BCUT2D eigenvalue weighted by molar-refractivity contribution is 5.66. The number of rotatable bonds is 12. The molecule has 13 atom stereocenters. The van der Waals surface area contributed by atoms with Gasteiger partial charge in [-0.15, -0.1) is 0 Å². The van der Waals surface area contributed by atoms with Crippen LogP contribution in [-0.4, -0.2) is 75.3 Å². The Morgan fingerprint density at radius 1 is 1.02 bits per heavy atom. The van der Waals surface area contributed by atoms with Gasteiger partial charge in [0.1, 0.15) is 24.9 Å². The number of aliphatic hydroxyl groups is 3. The normalized spacial score (nSPS) is 43.2. The Bertz CT molecular complexity index is 1180. The van der Waals surface area contributed by atoms with Crippen LogP contribution in [-0.2, 0) is 23.8 Å². The number of carbonyl (C=O) groups is 2. The van der Waals surface area contributed by atoms with E-state index < -0.39 is 48.2 Å². The van der Waals surface area contributed by atoms with E-state index in [9.17, 15) is 30.0 Å². The number of fused-ring (bicyclic) bond motifs is 3. The first-order valence-electron chi connectivity index (χ1n) is 17.3. The average molecular weight is 649 g/mol. The van der Waals surface area contributed by atoms with Crippen LogP contribution in [0, 0.1) is 39.9 Å². The van der Waals surface area contributed by atoms with Crippen LogP contribution in [0.1, 0.15) is 113 Å². The minimum atomic E-state index is -1.32. The molecule has 9 nitrogen and oxygen atoms in total. The van der Waals surface area contributed by atoms with E-state index in [0.29, 0.717) is 19.3 Å². The molecule has 262 valence electrons. The van der Waals surface area contributed by atoms with Crippen molar-refractivity contribution in [3.8, 4) is 0 Å². The van der Waals surface area contributed by atoms with Crippen LogP contribution >= 0.6 is 0 Å². The highest BCUT2D eigenvalue weighted by Crippen LogP contribution is 2.74. The van der Waals surface area contributed by atoms with Crippen LogP contribution in [0.2, 0.25) is 0 Å². The lowest BCUT2D eigenvalue weighted by Gasteiger charge is -2.67. The van der Waals surface area contributed by atoms with Gasteiger partial charge in [0.25, 0.3) is 0 Å². The molecule has 3 aliphatic carbocycles. The average Bonchev–Trinajstić information content (AvgIpc) is 3.46. The van der Waals surface area contributed by atoms with Crippen molar-refractivity contribution in [3.05, 3.63) is 23.8 Å². The molecule has 1 aliphatic heterocycles. The Balaban J connectivity index is 1.68. The molecular weight excluding hydrogens is 588 g/mol. The molecule has 13 unspecified atom stereocenters. The van der Waals surface area contributed by atoms with Gasteiger partial charge in [-0.2, -0.15) is 0 Å². The van der Waals surface area contributed by atoms with Crippen LogP contribution in [0.25, 0.3) is 0 Å². The summed E-state index contributed by atoms with van der Waals surface area (Å²) < 4.78 is 17.8. The summed E-state index contributed by atoms with van der Waals surface area (Å²) in [5.41, 5.74) is 0.795. The molecule has 3 saturated carbocycles. The zero-order valence-corrected chi connectivity index (χ0v) is 29.4. The molecule has 0 radical (unpaired) electrons. The van der Waals surface area contributed by atoms with Crippen molar-refractivity contribution in [1.29, 1.82) is 0 Å². The van der Waals surface area contributed by atoms with Gasteiger partial charge < -0.3 is 34.6 Å². The molecule has 9 heteroatoms. The van der Waals surface area contributed by atoms with Crippen LogP contribution in [0.3, 0.4) is 0 Å². The van der Waals surface area contributed by atoms with Crippen LogP contribution in [0.5, 0.6) is 0 Å². The lowest BCUT2D eigenvalue weighted by Crippen LogP contribution is -2.64. The Morgan fingerprint density at radius 2 is 1.67 bits per heavy atom. The fraction of sp³-hybridized carbons (Fsp3) is 0.838. The molecule has 4 rings (SSSR count). The molecule has 4 fully saturated rings. The van der Waals surface area contributed by atoms with E-state index in [1.54, 1.807) is 0 Å². The van der Waals surface area contributed by atoms with Gasteiger partial charge in [0.2, 0.25) is 0 Å². The van der Waals surface area contributed by atoms with Crippen molar-refractivity contribution < 1.29 is 44.2 Å². The number of carbonyl (C=O) groups excluding carboxylic acids is 1. The second-order valence-corrected chi connectivity index (χ2v) is 16.3. The summed E-state index contributed by atoms with van der Waals surface area (Å²) >= 11 is 0. The van der Waals surface area contributed by atoms with E-state index in [2.05, 4.69) is 61.1 Å². The number of aliphatic hydroxyl groups excluding tert-OH is 3. The summed E-state index contributed by atoms with van der Waals surface area (Å²) in [7, 11) is 0. The molecule has 1 saturated heterocycles. The molecule has 1 heterocycles. The number of aliphatic carboxylic acids is 1. The molecule has 0 aromatic heterocycles. The summed E-state index contributed by atoms with van der Waals surface area (Å²) in [6, 6.07) is 0. The second kappa shape index (κ2) is 13.6. The number of hydrogen-bond donors (Lipinski definition) is 4. The molecule has 4 aliphatic rings. The predicted octanol–water partition coefficient (Wildman–Crippen LogP) is 5.79. The van der Waals surface area contributed by atoms with Gasteiger partial charge >= 0.3 is 11.9 Å². The van der Waals surface area contributed by atoms with Crippen molar-refractivity contribution in [3.63, 3.8) is 0 Å². The molecule has 0 bridgehead atoms. The van der Waals surface area contributed by atoms with Crippen LogP contribution in [0.15, 0.2) is 23.8 Å². The minimum Gasteiger partial charge on any atom is -0.481 e. The fourth-order valence-electron chi connectivity index (χ4n) is 10.7. The van der Waals surface area contributed by atoms with Gasteiger partial charge in [-0.05, 0) is 119 Å². The van der Waals surface area contributed by atoms with Crippen molar-refractivity contribution in [1.82, 2.24) is 0 Å². The van der Waals surface area contributed by atoms with Gasteiger partial charge in [-0.3, -0.25) is 9.59 Å². The third kappa shape index (κ3) is 6.60. The molecule has 0 aromatic rings. The van der Waals surface area contributed by atoms with Crippen molar-refractivity contribution in [2.45, 2.75) is 149 Å². The highest BCUT2D eigenvalue weighted by Gasteiger charge is 2.70. The number of hydrogen-bond acceptors (Lipinski definition) is 8. The highest BCUT2D eigenvalue weighted by atomic mass is 16.7. The van der Waals surface area contributed by atoms with Crippen LogP contribution in [0.4, 0.5) is 0 Å². The molecule has 0 aromatic carbocycles. The van der Waals surface area contributed by atoms with Gasteiger partial charge in [-0.25, -0.2) is 0 Å². The lowest BCUT2D eigenvalue weighted by molar-refractivity contribution is -0.261. The van der Waals surface area contributed by atoms with Gasteiger partial charge in [-0.1, -0.05) is 44.6 Å². The maximum absolute atomic E-state index is 12.2. The van der Waals surface area contributed by atoms with Crippen molar-refractivity contribution >= 4 is 11.9 Å². The molecule has 4 N–H and O–H groups in total. The van der Waals surface area contributed by atoms with E-state index in [4.69, 9.17) is 14.2 Å². The number of carboxylic acid groups (broad SMARTS) is 1. The summed E-state index contributed by atoms with van der Waals surface area (Å²) in [4.78, 5) is 23.2. The van der Waals surface area contributed by atoms with E-state index >= 15 is 0 Å². The quantitative estimate of drug-likeness (QED) is 0.153. The maximum Gasteiger partial charge on any atom is 0.303 e. The number of carboxylic acids is 1.